The first-order valence-corrected chi connectivity index (χ1v) is 4.49. The van der Waals surface area contributed by atoms with E-state index in [1.54, 1.807) is 12.1 Å². The largest absolute Gasteiger partial charge is 0.396 e. The van der Waals surface area contributed by atoms with E-state index in [1.165, 1.54) is 10.6 Å². The minimum absolute atomic E-state index is 0.120. The maximum atomic E-state index is 11.3. The molecule has 5 heteroatoms. The van der Waals surface area contributed by atoms with E-state index in [9.17, 15) is 4.79 Å². The Labute approximate surface area is 80.0 Å². The van der Waals surface area contributed by atoms with Gasteiger partial charge in [0.1, 0.15) is 5.82 Å². The van der Waals surface area contributed by atoms with E-state index < -0.39 is 0 Å². The van der Waals surface area contributed by atoms with Gasteiger partial charge in [-0.15, -0.1) is 0 Å². The third-order valence-electron chi connectivity index (χ3n) is 2.00. The van der Waals surface area contributed by atoms with Gasteiger partial charge in [-0.25, -0.2) is 9.50 Å². The molecule has 0 unspecified atom stereocenters. The van der Waals surface area contributed by atoms with Crippen molar-refractivity contribution in [3.63, 3.8) is 0 Å². The number of hydrogen-bond acceptors (Lipinski definition) is 3. The van der Waals surface area contributed by atoms with Crippen molar-refractivity contribution in [3.05, 3.63) is 34.4 Å². The molecule has 2 aromatic rings. The molecule has 0 aromatic carbocycles. The topological polar surface area (TPSA) is 70.4 Å². The quantitative estimate of drug-likeness (QED) is 0.717. The van der Waals surface area contributed by atoms with Crippen molar-refractivity contribution in [2.45, 2.75) is 12.8 Å². The fraction of sp³-hybridized carbons (Fsp3) is 0.333. The molecule has 0 saturated carbocycles. The molecule has 0 bridgehead atoms. The molecule has 2 rings (SSSR count). The summed E-state index contributed by atoms with van der Waals surface area (Å²) in [7, 11) is 0. The lowest BCUT2D eigenvalue weighted by Crippen LogP contribution is -2.11. The van der Waals surface area contributed by atoms with E-state index in [4.69, 9.17) is 5.11 Å². The molecule has 0 saturated heterocycles. The van der Waals surface area contributed by atoms with Gasteiger partial charge in [0.05, 0.1) is 0 Å². The smallest absolute Gasteiger partial charge is 0.271 e. The summed E-state index contributed by atoms with van der Waals surface area (Å²) >= 11 is 0. The third-order valence-corrected chi connectivity index (χ3v) is 2.00. The highest BCUT2D eigenvalue weighted by Gasteiger charge is 2.02. The van der Waals surface area contributed by atoms with Gasteiger partial charge < -0.3 is 5.11 Å². The Morgan fingerprint density at radius 2 is 2.36 bits per heavy atom. The van der Waals surface area contributed by atoms with Gasteiger partial charge in [0.2, 0.25) is 0 Å². The Kier molecular flexibility index (Phi) is 2.32. The molecule has 2 aromatic heterocycles. The summed E-state index contributed by atoms with van der Waals surface area (Å²) < 4.78 is 1.40. The van der Waals surface area contributed by atoms with Crippen molar-refractivity contribution < 1.29 is 5.11 Å². The molecule has 2 N–H and O–H groups in total. The highest BCUT2D eigenvalue weighted by Crippen LogP contribution is 1.99. The summed E-state index contributed by atoms with van der Waals surface area (Å²) in [6.07, 6.45) is 1.30. The first-order valence-electron chi connectivity index (χ1n) is 4.49. The van der Waals surface area contributed by atoms with Gasteiger partial charge >= 0.3 is 0 Å². The van der Waals surface area contributed by atoms with Gasteiger partial charge in [-0.05, 0) is 12.5 Å². The van der Waals surface area contributed by atoms with Crippen molar-refractivity contribution in [1.29, 1.82) is 0 Å². The van der Waals surface area contributed by atoms with E-state index in [2.05, 4.69) is 10.1 Å². The number of aryl methyl sites for hydroxylation is 1. The number of aromatic amines is 1. The van der Waals surface area contributed by atoms with E-state index >= 15 is 0 Å². The van der Waals surface area contributed by atoms with Crippen LogP contribution in [0.15, 0.2) is 23.0 Å². The number of hydrogen-bond donors (Lipinski definition) is 2. The van der Waals surface area contributed by atoms with E-state index in [0.29, 0.717) is 18.5 Å². The van der Waals surface area contributed by atoms with Crippen LogP contribution >= 0.6 is 0 Å². The van der Waals surface area contributed by atoms with Gasteiger partial charge in [0.25, 0.3) is 5.56 Å². The highest BCUT2D eigenvalue weighted by atomic mass is 16.2. The van der Waals surface area contributed by atoms with Crippen LogP contribution in [0.5, 0.6) is 0 Å². The van der Waals surface area contributed by atoms with Crippen molar-refractivity contribution in [2.24, 2.45) is 0 Å². The van der Waals surface area contributed by atoms with Crippen molar-refractivity contribution in [1.82, 2.24) is 14.6 Å². The monoisotopic (exact) mass is 193 g/mol. The molecule has 0 fully saturated rings. The van der Waals surface area contributed by atoms with Crippen LogP contribution in [-0.4, -0.2) is 26.3 Å². The average molecular weight is 193 g/mol. The number of aliphatic hydroxyl groups is 1. The van der Waals surface area contributed by atoms with Gasteiger partial charge in [-0.2, -0.15) is 0 Å². The Balaban J connectivity index is 2.41. The fourth-order valence-electron chi connectivity index (χ4n) is 1.33. The average Bonchev–Trinajstić information content (AvgIpc) is 2.59. The van der Waals surface area contributed by atoms with E-state index in [1.807, 2.05) is 0 Å². The molecule has 74 valence electrons. The summed E-state index contributed by atoms with van der Waals surface area (Å²) in [6.45, 7) is 0.131. The highest BCUT2D eigenvalue weighted by molar-refractivity contribution is 5.36. The normalized spacial score (nSPS) is 10.9. The van der Waals surface area contributed by atoms with Crippen molar-refractivity contribution >= 4 is 5.65 Å². The second-order valence-corrected chi connectivity index (χ2v) is 3.06. The van der Waals surface area contributed by atoms with Crippen LogP contribution in [0.4, 0.5) is 0 Å². The molecule has 5 nitrogen and oxygen atoms in total. The van der Waals surface area contributed by atoms with Crippen LogP contribution in [0.1, 0.15) is 12.2 Å². The molecular formula is C9H11N3O2. The molecule has 0 radical (unpaired) electrons. The lowest BCUT2D eigenvalue weighted by molar-refractivity contribution is 0.287. The summed E-state index contributed by atoms with van der Waals surface area (Å²) in [5.41, 5.74) is 0.496. The standard InChI is InChI=1S/C9H11N3O2/c13-6-2-3-7-10-8-4-1-5-9(14)12(8)11-7/h1,4-5,13H,2-3,6H2,(H,10,11). The SMILES string of the molecule is O=c1cccc2nc(CCCO)[nH]n12. The number of aliphatic hydroxyl groups excluding tert-OH is 1. The number of aromatic nitrogens is 3. The van der Waals surface area contributed by atoms with E-state index in [-0.39, 0.29) is 12.2 Å². The molecule has 2 heterocycles. The number of fused-ring (bicyclic) bond motifs is 1. The van der Waals surface area contributed by atoms with Crippen LogP contribution in [0.25, 0.3) is 5.65 Å². The van der Waals surface area contributed by atoms with Gasteiger partial charge in [-0.3, -0.25) is 9.89 Å². The van der Waals surface area contributed by atoms with Crippen LogP contribution in [0.3, 0.4) is 0 Å². The van der Waals surface area contributed by atoms with Crippen molar-refractivity contribution in [2.75, 3.05) is 6.61 Å². The Hall–Kier alpha value is -1.62. The Bertz CT molecular complexity index is 486. The first kappa shape index (κ1) is 8.96. The molecule has 0 amide bonds. The summed E-state index contributed by atoms with van der Waals surface area (Å²) in [5.74, 6) is 0.724. The van der Waals surface area contributed by atoms with Crippen molar-refractivity contribution in [3.8, 4) is 0 Å². The maximum absolute atomic E-state index is 11.3. The van der Waals surface area contributed by atoms with E-state index in [0.717, 1.165) is 5.82 Å². The number of nitrogens with zero attached hydrogens (tertiary/aromatic N) is 2. The predicted molar refractivity (Wildman–Crippen MR) is 51.2 cm³/mol. The molecule has 0 aliphatic heterocycles. The number of pyridine rings is 1. The third kappa shape index (κ3) is 1.54. The zero-order valence-electron chi connectivity index (χ0n) is 7.60. The van der Waals surface area contributed by atoms with Gasteiger partial charge in [-0.1, -0.05) is 6.07 Å². The van der Waals surface area contributed by atoms with Crippen LogP contribution < -0.4 is 5.56 Å². The number of H-pyrrole nitrogens is 1. The minimum Gasteiger partial charge on any atom is -0.396 e. The predicted octanol–water partition coefficient (Wildman–Crippen LogP) is -0.0525. The molecule has 0 atom stereocenters. The second kappa shape index (κ2) is 3.63. The zero-order chi connectivity index (χ0) is 9.97. The first-order chi connectivity index (χ1) is 6.81. The van der Waals surface area contributed by atoms with Crippen LogP contribution in [0, 0.1) is 0 Å². The minimum atomic E-state index is -0.120. The summed E-state index contributed by atoms with van der Waals surface area (Å²) in [6, 6.07) is 4.91. The van der Waals surface area contributed by atoms with Crippen LogP contribution in [-0.2, 0) is 6.42 Å². The summed E-state index contributed by atoms with van der Waals surface area (Å²) in [5, 5.41) is 11.5. The van der Waals surface area contributed by atoms with Gasteiger partial charge in [0, 0.05) is 19.1 Å². The Morgan fingerprint density at radius 1 is 1.50 bits per heavy atom. The molecule has 0 aliphatic rings. The number of rotatable bonds is 3. The maximum Gasteiger partial charge on any atom is 0.271 e. The lowest BCUT2D eigenvalue weighted by Gasteiger charge is -1.90. The molecule has 14 heavy (non-hydrogen) atoms. The van der Waals surface area contributed by atoms with Crippen LogP contribution in [0.2, 0.25) is 0 Å². The summed E-state index contributed by atoms with van der Waals surface area (Å²) in [4.78, 5) is 15.5. The molecule has 0 spiro atoms. The molecular weight excluding hydrogens is 182 g/mol. The lowest BCUT2D eigenvalue weighted by atomic mass is 10.3. The second-order valence-electron chi connectivity index (χ2n) is 3.06. The zero-order valence-corrected chi connectivity index (χ0v) is 7.60. The molecule has 0 aliphatic carbocycles. The van der Waals surface area contributed by atoms with Gasteiger partial charge in [0.15, 0.2) is 5.65 Å². The number of nitrogens with one attached hydrogen (secondary N) is 1. The fourth-order valence-corrected chi connectivity index (χ4v) is 1.33. The Morgan fingerprint density at radius 3 is 3.07 bits per heavy atom.